The molecule has 1 aromatic rings. The van der Waals surface area contributed by atoms with E-state index in [-0.39, 0.29) is 15.1 Å². The number of aromatic nitrogens is 1. The van der Waals surface area contributed by atoms with Gasteiger partial charge in [-0.3, -0.25) is 4.84 Å². The standard InChI is InChI=1S/C8H8Cl2N2O3S/c9-7-4-6(5-11-8(7)10)16(13,14)12-2-1-3-15-12/h4-5H,1-3H2. The zero-order valence-electron chi connectivity index (χ0n) is 8.06. The molecule has 2 rings (SSSR count). The van der Waals surface area contributed by atoms with E-state index < -0.39 is 10.0 Å². The molecule has 5 nitrogen and oxygen atoms in total. The lowest BCUT2D eigenvalue weighted by Crippen LogP contribution is -2.26. The van der Waals surface area contributed by atoms with Gasteiger partial charge in [0.2, 0.25) is 0 Å². The first-order valence-corrected chi connectivity index (χ1v) is 6.68. The van der Waals surface area contributed by atoms with E-state index in [2.05, 4.69) is 4.98 Å². The summed E-state index contributed by atoms with van der Waals surface area (Å²) in [6.07, 6.45) is 1.83. The highest BCUT2D eigenvalue weighted by Crippen LogP contribution is 2.25. The third-order valence-corrected chi connectivity index (χ3v) is 4.39. The molecule has 88 valence electrons. The Morgan fingerprint density at radius 2 is 2.19 bits per heavy atom. The Morgan fingerprint density at radius 1 is 1.44 bits per heavy atom. The average molecular weight is 283 g/mol. The third kappa shape index (κ3) is 2.16. The molecule has 16 heavy (non-hydrogen) atoms. The van der Waals surface area contributed by atoms with Crippen LogP contribution in [0.2, 0.25) is 10.2 Å². The van der Waals surface area contributed by atoms with Crippen LogP contribution < -0.4 is 0 Å². The molecule has 2 heterocycles. The van der Waals surface area contributed by atoms with Crippen LogP contribution in [-0.4, -0.2) is 31.0 Å². The van der Waals surface area contributed by atoms with Gasteiger partial charge in [0.15, 0.2) is 0 Å². The molecule has 1 aliphatic heterocycles. The summed E-state index contributed by atoms with van der Waals surface area (Å²) in [5, 5.41) is 0.171. The van der Waals surface area contributed by atoms with E-state index in [9.17, 15) is 8.42 Å². The van der Waals surface area contributed by atoms with Gasteiger partial charge in [-0.2, -0.15) is 0 Å². The highest BCUT2D eigenvalue weighted by atomic mass is 35.5. The quantitative estimate of drug-likeness (QED) is 0.775. The number of sulfonamides is 1. The maximum absolute atomic E-state index is 12.0. The summed E-state index contributed by atoms with van der Waals surface area (Å²) >= 11 is 11.3. The number of hydrogen-bond acceptors (Lipinski definition) is 4. The molecule has 1 fully saturated rings. The molecular formula is C8H8Cl2N2O3S. The van der Waals surface area contributed by atoms with E-state index in [0.29, 0.717) is 19.6 Å². The molecule has 8 heteroatoms. The summed E-state index contributed by atoms with van der Waals surface area (Å²) in [5.41, 5.74) is 0. The maximum Gasteiger partial charge on any atom is 0.266 e. The Morgan fingerprint density at radius 3 is 2.75 bits per heavy atom. The minimum atomic E-state index is -3.67. The van der Waals surface area contributed by atoms with Crippen LogP contribution in [0.15, 0.2) is 17.2 Å². The Bertz CT molecular complexity index is 500. The molecule has 0 atom stereocenters. The zero-order chi connectivity index (χ0) is 11.8. The SMILES string of the molecule is O=S(=O)(c1cnc(Cl)c(Cl)c1)N1CCCO1. The van der Waals surface area contributed by atoms with E-state index in [1.807, 2.05) is 0 Å². The normalized spacial score (nSPS) is 17.9. The van der Waals surface area contributed by atoms with Crippen molar-refractivity contribution in [2.45, 2.75) is 11.3 Å². The molecule has 0 bridgehead atoms. The van der Waals surface area contributed by atoms with Gasteiger partial charge in [0.05, 0.1) is 11.6 Å². The van der Waals surface area contributed by atoms with Gasteiger partial charge >= 0.3 is 0 Å². The van der Waals surface area contributed by atoms with Gasteiger partial charge in [-0.05, 0) is 12.5 Å². The second-order valence-corrected chi connectivity index (χ2v) is 5.76. The van der Waals surface area contributed by atoms with Gasteiger partial charge in [-0.15, -0.1) is 0 Å². The van der Waals surface area contributed by atoms with Gasteiger partial charge in [0.25, 0.3) is 10.0 Å². The van der Waals surface area contributed by atoms with Crippen LogP contribution in [0.1, 0.15) is 6.42 Å². The van der Waals surface area contributed by atoms with Crippen molar-refractivity contribution in [3.8, 4) is 0 Å². The topological polar surface area (TPSA) is 59.5 Å². The smallest absolute Gasteiger partial charge is 0.266 e. The van der Waals surface area contributed by atoms with Crippen LogP contribution in [0.5, 0.6) is 0 Å². The lowest BCUT2D eigenvalue weighted by atomic mass is 10.5. The van der Waals surface area contributed by atoms with Crippen LogP contribution in [0.3, 0.4) is 0 Å². The summed E-state index contributed by atoms with van der Waals surface area (Å²) in [6.45, 7) is 0.733. The fraction of sp³-hybridized carbons (Fsp3) is 0.375. The Balaban J connectivity index is 2.39. The van der Waals surface area contributed by atoms with Gasteiger partial charge in [-0.25, -0.2) is 13.4 Å². The lowest BCUT2D eigenvalue weighted by Gasteiger charge is -2.13. The minimum absolute atomic E-state index is 0.0243. The van der Waals surface area contributed by atoms with Crippen molar-refractivity contribution in [1.82, 2.24) is 9.45 Å². The molecule has 0 saturated carbocycles. The monoisotopic (exact) mass is 282 g/mol. The number of nitrogens with zero attached hydrogens (tertiary/aromatic N) is 2. The molecule has 0 aromatic carbocycles. The highest BCUT2D eigenvalue weighted by Gasteiger charge is 2.29. The number of halogens is 2. The molecule has 0 unspecified atom stereocenters. The molecule has 0 radical (unpaired) electrons. The number of rotatable bonds is 2. The van der Waals surface area contributed by atoms with Crippen molar-refractivity contribution < 1.29 is 13.3 Å². The van der Waals surface area contributed by atoms with Crippen LogP contribution in [-0.2, 0) is 14.9 Å². The van der Waals surface area contributed by atoms with Gasteiger partial charge < -0.3 is 0 Å². The summed E-state index contributed by atoms with van der Waals surface area (Å²) in [7, 11) is -3.67. The number of hydroxylamine groups is 1. The second-order valence-electron chi connectivity index (χ2n) is 3.16. The van der Waals surface area contributed by atoms with Crippen molar-refractivity contribution >= 4 is 33.2 Å². The number of hydrogen-bond donors (Lipinski definition) is 0. The molecule has 0 spiro atoms. The van der Waals surface area contributed by atoms with Crippen LogP contribution in [0, 0.1) is 0 Å². The molecule has 0 aliphatic carbocycles. The molecule has 1 aromatic heterocycles. The van der Waals surface area contributed by atoms with Crippen molar-refractivity contribution in [3.63, 3.8) is 0 Å². The van der Waals surface area contributed by atoms with E-state index >= 15 is 0 Å². The Labute approximate surface area is 103 Å². The first-order valence-electron chi connectivity index (χ1n) is 4.48. The van der Waals surface area contributed by atoms with Crippen molar-refractivity contribution in [2.24, 2.45) is 0 Å². The van der Waals surface area contributed by atoms with E-state index in [4.69, 9.17) is 28.0 Å². The third-order valence-electron chi connectivity index (χ3n) is 2.06. The van der Waals surface area contributed by atoms with Gasteiger partial charge in [0, 0.05) is 12.7 Å². The molecular weight excluding hydrogens is 275 g/mol. The first-order chi connectivity index (χ1) is 7.51. The fourth-order valence-electron chi connectivity index (χ4n) is 1.28. The first kappa shape index (κ1) is 12.1. The minimum Gasteiger partial charge on any atom is -0.284 e. The largest absolute Gasteiger partial charge is 0.284 e. The predicted octanol–water partition coefficient (Wildman–Crippen LogP) is 1.71. The van der Waals surface area contributed by atoms with E-state index in [1.165, 1.54) is 6.07 Å². The Kier molecular flexibility index (Phi) is 3.37. The molecule has 0 amide bonds. The average Bonchev–Trinajstić information content (AvgIpc) is 2.75. The predicted molar refractivity (Wildman–Crippen MR) is 58.7 cm³/mol. The highest BCUT2D eigenvalue weighted by molar-refractivity contribution is 7.89. The van der Waals surface area contributed by atoms with E-state index in [0.717, 1.165) is 10.7 Å². The maximum atomic E-state index is 12.0. The van der Waals surface area contributed by atoms with Crippen LogP contribution in [0.25, 0.3) is 0 Å². The van der Waals surface area contributed by atoms with E-state index in [1.54, 1.807) is 0 Å². The van der Waals surface area contributed by atoms with Crippen molar-refractivity contribution in [2.75, 3.05) is 13.2 Å². The molecule has 1 aliphatic rings. The Hall–Kier alpha value is -0.400. The van der Waals surface area contributed by atoms with Gasteiger partial charge in [-0.1, -0.05) is 27.7 Å². The second kappa shape index (κ2) is 4.46. The fourth-order valence-corrected chi connectivity index (χ4v) is 2.88. The zero-order valence-corrected chi connectivity index (χ0v) is 10.4. The van der Waals surface area contributed by atoms with Crippen molar-refractivity contribution in [1.29, 1.82) is 0 Å². The summed E-state index contributed by atoms with van der Waals surface area (Å²) in [4.78, 5) is 8.65. The summed E-state index contributed by atoms with van der Waals surface area (Å²) in [6, 6.07) is 1.26. The van der Waals surface area contributed by atoms with Crippen molar-refractivity contribution in [3.05, 3.63) is 22.4 Å². The summed E-state index contributed by atoms with van der Waals surface area (Å²) < 4.78 is 24.9. The summed E-state index contributed by atoms with van der Waals surface area (Å²) in [5.74, 6) is 0. The lowest BCUT2D eigenvalue weighted by molar-refractivity contribution is -0.0284. The van der Waals surface area contributed by atoms with Crippen LogP contribution >= 0.6 is 23.2 Å². The van der Waals surface area contributed by atoms with Gasteiger partial charge in [0.1, 0.15) is 10.0 Å². The number of pyridine rings is 1. The van der Waals surface area contributed by atoms with Crippen LogP contribution in [0.4, 0.5) is 0 Å². The molecule has 0 N–H and O–H groups in total. The molecule has 1 saturated heterocycles.